The minimum absolute atomic E-state index is 0.115. The lowest BCUT2D eigenvalue weighted by Crippen LogP contribution is -2.49. The quantitative estimate of drug-likeness (QED) is 0.0275. The number of rotatable bonds is 35. The van der Waals surface area contributed by atoms with E-state index in [0.29, 0.717) is 71.9 Å². The third-order valence-corrected chi connectivity index (χ3v) is 7.19. The fourth-order valence-electron chi connectivity index (χ4n) is 4.30. The second kappa shape index (κ2) is 58.9. The molecule has 0 aromatic carbocycles. The Balaban J connectivity index is -0.000000278. The lowest BCUT2D eigenvalue weighted by molar-refractivity contribution is -0.126. The van der Waals surface area contributed by atoms with Gasteiger partial charge in [0, 0.05) is 71.0 Å². The Kier molecular flexibility index (Phi) is 65.5. The normalized spacial score (nSPS) is 9.98. The smallest absolute Gasteiger partial charge is 0.220 e. The van der Waals surface area contributed by atoms with Crippen molar-refractivity contribution in [3.63, 3.8) is 0 Å². The van der Waals surface area contributed by atoms with E-state index in [9.17, 15) is 24.0 Å². The predicted octanol–water partition coefficient (Wildman–Crippen LogP) is 1.58. The highest BCUT2D eigenvalue weighted by atomic mass is 16.5. The highest BCUT2D eigenvalue weighted by Gasteiger charge is 2.31. The minimum atomic E-state index is -0.831. The molecule has 2 amide bonds. The number of ether oxygens (including phenoxy) is 4. The minimum Gasteiger partial charge on any atom is -0.396 e. The number of nitrogens with one attached hydrogen (secondary N) is 5. The van der Waals surface area contributed by atoms with Crippen LogP contribution in [0.25, 0.3) is 0 Å². The van der Waals surface area contributed by atoms with E-state index >= 15 is 0 Å². The number of hydrogen-bond acceptors (Lipinski definition) is 14. The fourth-order valence-corrected chi connectivity index (χ4v) is 4.30. The summed E-state index contributed by atoms with van der Waals surface area (Å²) < 4.78 is 20.0. The summed E-state index contributed by atoms with van der Waals surface area (Å²) in [5, 5.41) is 31.2. The van der Waals surface area contributed by atoms with Crippen molar-refractivity contribution in [2.45, 2.75) is 103 Å². The Hall–Kier alpha value is -2.85. The third-order valence-electron chi connectivity index (χ3n) is 7.19. The van der Waals surface area contributed by atoms with Gasteiger partial charge in [-0.15, -0.1) is 6.42 Å². The molecule has 0 unspecified atom stereocenters. The van der Waals surface area contributed by atoms with E-state index in [1.807, 2.05) is 35.0 Å². The number of terminal acetylenes is 1. The summed E-state index contributed by atoms with van der Waals surface area (Å²) in [6.45, 7) is 10.9. The van der Waals surface area contributed by atoms with Gasteiger partial charge in [-0.05, 0) is 66.2 Å². The van der Waals surface area contributed by atoms with Crippen molar-refractivity contribution in [3.05, 3.63) is 0 Å². The highest BCUT2D eigenvalue weighted by molar-refractivity contribution is 5.78. The first kappa shape index (κ1) is 62.3. The standard InChI is InChI=1S/C22H34N2O7.C7H17NO.C5H13NO2.C4H11NO.C2H6/c1-2-16-30-18-19-31-17-12-23-20(28)8-11-22(9-5-14-26,10-6-15-27)24-21(29)7-3-4-13-25;1-8-6-4-2-3-5-7-9;1-6-2-4-8-5-3-7;1-5-3-4-6-2;1-2/h1,13-15H,3-12,16-19H2,(H,23,28)(H,24,29);8-9H,2-7H2,1H3;6-7H,2-5H2,1H3;5H,3-4H2,1-2H3;1-2H3. The zero-order valence-electron chi connectivity index (χ0n) is 35.8. The summed E-state index contributed by atoms with van der Waals surface area (Å²) in [7, 11) is 7.42. The van der Waals surface area contributed by atoms with Gasteiger partial charge in [-0.2, -0.15) is 0 Å². The van der Waals surface area contributed by atoms with Crippen LogP contribution < -0.4 is 26.6 Å². The lowest BCUT2D eigenvalue weighted by atomic mass is 9.83. The molecule has 0 saturated carbocycles. The predicted molar refractivity (Wildman–Crippen MR) is 223 cm³/mol. The van der Waals surface area contributed by atoms with E-state index in [1.54, 1.807) is 7.11 Å². The van der Waals surface area contributed by atoms with Crippen molar-refractivity contribution in [3.8, 4) is 12.3 Å². The molecule has 7 N–H and O–H groups in total. The van der Waals surface area contributed by atoms with E-state index in [2.05, 4.69) is 32.5 Å². The van der Waals surface area contributed by atoms with Gasteiger partial charge in [0.05, 0.1) is 46.2 Å². The highest BCUT2D eigenvalue weighted by Crippen LogP contribution is 2.25. The number of hydrogen-bond donors (Lipinski definition) is 7. The maximum Gasteiger partial charge on any atom is 0.220 e. The molecule has 56 heavy (non-hydrogen) atoms. The maximum absolute atomic E-state index is 12.3. The molecule has 0 aliphatic rings. The Bertz CT molecular complexity index is 837. The Morgan fingerprint density at radius 1 is 0.625 bits per heavy atom. The zero-order valence-corrected chi connectivity index (χ0v) is 35.8. The molecule has 0 aromatic rings. The van der Waals surface area contributed by atoms with E-state index in [-0.39, 0.29) is 57.1 Å². The lowest BCUT2D eigenvalue weighted by Gasteiger charge is -2.34. The molecule has 0 heterocycles. The summed E-state index contributed by atoms with van der Waals surface area (Å²) in [6, 6.07) is 0. The molecular formula is C40H81N5O11. The first-order chi connectivity index (χ1) is 27.3. The van der Waals surface area contributed by atoms with Crippen molar-refractivity contribution in [2.75, 3.05) is 114 Å². The van der Waals surface area contributed by atoms with Crippen LogP contribution in [0, 0.1) is 12.3 Å². The molecule has 0 aromatic heterocycles. The van der Waals surface area contributed by atoms with Gasteiger partial charge < -0.3 is 70.1 Å². The molecule has 332 valence electrons. The molecule has 0 radical (unpaired) electrons. The van der Waals surface area contributed by atoms with E-state index in [4.69, 9.17) is 35.6 Å². The van der Waals surface area contributed by atoms with E-state index < -0.39 is 5.54 Å². The molecular weight excluding hydrogens is 726 g/mol. The molecule has 0 spiro atoms. The summed E-state index contributed by atoms with van der Waals surface area (Å²) >= 11 is 0. The van der Waals surface area contributed by atoms with Crippen LogP contribution in [-0.4, -0.2) is 160 Å². The zero-order chi connectivity index (χ0) is 43.2. The number of amides is 2. The van der Waals surface area contributed by atoms with Crippen LogP contribution in [0.2, 0.25) is 0 Å². The van der Waals surface area contributed by atoms with Gasteiger partial charge in [0.25, 0.3) is 0 Å². The number of unbranched alkanes of at least 4 members (excludes halogenated alkanes) is 4. The molecule has 0 fully saturated rings. The molecule has 0 rings (SSSR count). The van der Waals surface area contributed by atoms with Gasteiger partial charge in [-0.25, -0.2) is 0 Å². The molecule has 0 atom stereocenters. The summed E-state index contributed by atoms with van der Waals surface area (Å²) in [6.07, 6.45) is 14.2. The van der Waals surface area contributed by atoms with Crippen LogP contribution in [0.5, 0.6) is 0 Å². The molecule has 0 bridgehead atoms. The number of aliphatic hydroxyl groups is 2. The monoisotopic (exact) mass is 808 g/mol. The Morgan fingerprint density at radius 3 is 1.70 bits per heavy atom. The number of carbonyl (C=O) groups excluding carboxylic acids is 5. The Morgan fingerprint density at radius 2 is 1.18 bits per heavy atom. The molecule has 16 nitrogen and oxygen atoms in total. The van der Waals surface area contributed by atoms with Crippen molar-refractivity contribution >= 4 is 30.7 Å². The van der Waals surface area contributed by atoms with E-state index in [0.717, 1.165) is 57.9 Å². The van der Waals surface area contributed by atoms with Gasteiger partial charge in [0.15, 0.2) is 0 Å². The van der Waals surface area contributed by atoms with Gasteiger partial charge >= 0.3 is 0 Å². The van der Waals surface area contributed by atoms with Gasteiger partial charge in [-0.1, -0.05) is 32.6 Å². The average molecular weight is 808 g/mol. The number of aliphatic hydroxyl groups excluding tert-OH is 2. The van der Waals surface area contributed by atoms with Crippen LogP contribution in [0.1, 0.15) is 97.3 Å². The van der Waals surface area contributed by atoms with Gasteiger partial charge in [-0.3, -0.25) is 9.59 Å². The molecule has 16 heteroatoms. The number of likely N-dealkylation sites (N-methyl/N-ethyl adjacent to an activating group) is 2. The largest absolute Gasteiger partial charge is 0.396 e. The van der Waals surface area contributed by atoms with Gasteiger partial charge in [0.1, 0.15) is 25.5 Å². The van der Waals surface area contributed by atoms with Crippen LogP contribution in [0.15, 0.2) is 0 Å². The third kappa shape index (κ3) is 57.9. The van der Waals surface area contributed by atoms with Crippen molar-refractivity contribution in [1.29, 1.82) is 0 Å². The topological polar surface area (TPSA) is 223 Å². The summed E-state index contributed by atoms with van der Waals surface area (Å²) in [5.74, 6) is 1.86. The second-order valence-corrected chi connectivity index (χ2v) is 11.8. The van der Waals surface area contributed by atoms with Crippen molar-refractivity contribution < 1.29 is 53.1 Å². The first-order valence-electron chi connectivity index (χ1n) is 20.0. The average Bonchev–Trinajstić information content (AvgIpc) is 3.21. The van der Waals surface area contributed by atoms with Crippen molar-refractivity contribution in [2.24, 2.45) is 0 Å². The van der Waals surface area contributed by atoms with E-state index in [1.165, 1.54) is 12.8 Å². The van der Waals surface area contributed by atoms with Crippen LogP contribution >= 0.6 is 0 Å². The second-order valence-electron chi connectivity index (χ2n) is 11.8. The maximum atomic E-state index is 12.3. The Labute approximate surface area is 339 Å². The number of aldehydes is 3. The summed E-state index contributed by atoms with van der Waals surface area (Å²) in [4.78, 5) is 56.8. The van der Waals surface area contributed by atoms with Crippen LogP contribution in [-0.2, 0) is 42.9 Å². The molecule has 0 saturated heterocycles. The first-order valence-corrected chi connectivity index (χ1v) is 20.0. The summed E-state index contributed by atoms with van der Waals surface area (Å²) in [5.41, 5.74) is -0.831. The van der Waals surface area contributed by atoms with Gasteiger partial charge in [0.2, 0.25) is 11.8 Å². The number of methoxy groups -OCH3 is 1. The van der Waals surface area contributed by atoms with Crippen LogP contribution in [0.4, 0.5) is 0 Å². The fraction of sp³-hybridized carbons (Fsp3) is 0.825. The van der Waals surface area contributed by atoms with Crippen LogP contribution in [0.3, 0.4) is 0 Å². The number of carbonyl (C=O) groups is 5. The van der Waals surface area contributed by atoms with Crippen molar-refractivity contribution in [1.82, 2.24) is 26.6 Å². The SMILES string of the molecule is C#CCOCCOCCNC(=O)CCC(CCC=O)(CCC=O)NC(=O)CCCC=O.CC.CNCCCCCCO.CNCCOC.CNCCOCCO. The molecule has 0 aliphatic carbocycles. The molecule has 0 aliphatic heterocycles.